The van der Waals surface area contributed by atoms with Crippen molar-refractivity contribution >= 4 is 22.8 Å². The van der Waals surface area contributed by atoms with Crippen molar-refractivity contribution in [3.05, 3.63) is 26.9 Å². The average molecular weight is 336 g/mol. The number of hydrogen-bond donors (Lipinski definition) is 1. The molecule has 1 N–H and O–H groups in total. The molecule has 0 radical (unpaired) electrons. The fourth-order valence-corrected chi connectivity index (χ4v) is 3.69. The van der Waals surface area contributed by atoms with E-state index in [4.69, 9.17) is 4.84 Å². The highest BCUT2D eigenvalue weighted by molar-refractivity contribution is 7.11. The van der Waals surface area contributed by atoms with Gasteiger partial charge in [0.05, 0.1) is 22.0 Å². The standard InChI is InChI=1S/C17H24N2O3S/c1-5-7-13(19-22-6-2)16-14(20)8-12(9-15(16)21)17-18-10(3)11(4)23-17/h12,20H,5-9H2,1-4H3. The van der Waals surface area contributed by atoms with E-state index in [1.165, 1.54) is 0 Å². The molecule has 1 aliphatic rings. The highest BCUT2D eigenvalue weighted by Crippen LogP contribution is 2.37. The molecule has 6 heteroatoms. The zero-order chi connectivity index (χ0) is 17.0. The van der Waals surface area contributed by atoms with Gasteiger partial charge >= 0.3 is 0 Å². The molecule has 5 nitrogen and oxygen atoms in total. The van der Waals surface area contributed by atoms with E-state index >= 15 is 0 Å². The van der Waals surface area contributed by atoms with Crippen LogP contribution in [0.1, 0.15) is 61.0 Å². The average Bonchev–Trinajstić information content (AvgIpc) is 2.83. The molecule has 0 saturated carbocycles. The lowest BCUT2D eigenvalue weighted by molar-refractivity contribution is -0.116. The van der Waals surface area contributed by atoms with Crippen LogP contribution >= 0.6 is 11.3 Å². The monoisotopic (exact) mass is 336 g/mol. The third kappa shape index (κ3) is 3.99. The van der Waals surface area contributed by atoms with E-state index in [0.29, 0.717) is 37.2 Å². The van der Waals surface area contributed by atoms with Crippen LogP contribution in [-0.4, -0.2) is 28.2 Å². The van der Waals surface area contributed by atoms with Crippen LogP contribution in [0.25, 0.3) is 0 Å². The van der Waals surface area contributed by atoms with Gasteiger partial charge in [0.2, 0.25) is 0 Å². The van der Waals surface area contributed by atoms with Crippen molar-refractivity contribution in [1.82, 2.24) is 4.98 Å². The minimum Gasteiger partial charge on any atom is -0.511 e. The molecule has 1 atom stereocenters. The van der Waals surface area contributed by atoms with Crippen LogP contribution in [0.2, 0.25) is 0 Å². The van der Waals surface area contributed by atoms with Gasteiger partial charge in [-0.05, 0) is 27.2 Å². The van der Waals surface area contributed by atoms with Crippen molar-refractivity contribution < 1.29 is 14.7 Å². The van der Waals surface area contributed by atoms with E-state index in [9.17, 15) is 9.90 Å². The molecule has 0 saturated heterocycles. The van der Waals surface area contributed by atoms with E-state index in [0.717, 1.165) is 22.0 Å². The highest BCUT2D eigenvalue weighted by atomic mass is 32.1. The molecular weight excluding hydrogens is 312 g/mol. The number of ketones is 1. The zero-order valence-corrected chi connectivity index (χ0v) is 15.0. The number of hydrogen-bond acceptors (Lipinski definition) is 6. The number of aryl methyl sites for hydroxylation is 2. The number of oxime groups is 1. The second-order valence-electron chi connectivity index (χ2n) is 5.75. The van der Waals surface area contributed by atoms with Gasteiger partial charge < -0.3 is 9.94 Å². The van der Waals surface area contributed by atoms with E-state index < -0.39 is 0 Å². The number of aliphatic hydroxyl groups is 1. The zero-order valence-electron chi connectivity index (χ0n) is 14.2. The normalized spacial score (nSPS) is 19.4. The molecule has 2 rings (SSSR count). The Bertz CT molecular complexity index is 627. The molecule has 1 aromatic heterocycles. The maximum atomic E-state index is 12.6. The second kappa shape index (κ2) is 7.73. The summed E-state index contributed by atoms with van der Waals surface area (Å²) in [7, 11) is 0. The largest absolute Gasteiger partial charge is 0.511 e. The van der Waals surface area contributed by atoms with Crippen LogP contribution in [0.3, 0.4) is 0 Å². The third-order valence-corrected chi connectivity index (χ3v) is 5.15. The first-order valence-corrected chi connectivity index (χ1v) is 8.87. The predicted molar refractivity (Wildman–Crippen MR) is 92.2 cm³/mol. The van der Waals surface area contributed by atoms with E-state index in [1.54, 1.807) is 11.3 Å². The molecule has 0 fully saturated rings. The summed E-state index contributed by atoms with van der Waals surface area (Å²) in [4.78, 5) is 23.4. The molecule has 1 unspecified atom stereocenters. The van der Waals surface area contributed by atoms with E-state index in [-0.39, 0.29) is 17.5 Å². The van der Waals surface area contributed by atoms with Gasteiger partial charge in [-0.15, -0.1) is 11.3 Å². The Kier molecular flexibility index (Phi) is 5.93. The summed E-state index contributed by atoms with van der Waals surface area (Å²) in [5.74, 6) is -0.00145. The summed E-state index contributed by atoms with van der Waals surface area (Å²) in [6.45, 7) is 8.28. The number of thiazole rings is 1. The van der Waals surface area contributed by atoms with Crippen molar-refractivity contribution in [2.75, 3.05) is 6.61 Å². The quantitative estimate of drug-likeness (QED) is 0.624. The molecule has 23 heavy (non-hydrogen) atoms. The summed E-state index contributed by atoms with van der Waals surface area (Å²) in [6.07, 6.45) is 2.25. The summed E-state index contributed by atoms with van der Waals surface area (Å²) >= 11 is 1.61. The van der Waals surface area contributed by atoms with Gasteiger partial charge in [0.1, 0.15) is 12.4 Å². The second-order valence-corrected chi connectivity index (χ2v) is 6.98. The minimum absolute atomic E-state index is 0.0429. The maximum absolute atomic E-state index is 12.6. The Labute approximate surface area is 141 Å². The molecule has 1 aliphatic carbocycles. The van der Waals surface area contributed by atoms with Crippen LogP contribution < -0.4 is 0 Å². The smallest absolute Gasteiger partial charge is 0.168 e. The number of allylic oxidation sites excluding steroid dienone is 2. The summed E-state index contributed by atoms with van der Waals surface area (Å²) < 4.78 is 0. The van der Waals surface area contributed by atoms with Gasteiger partial charge in [-0.1, -0.05) is 18.5 Å². The number of carbonyl (C=O) groups is 1. The summed E-state index contributed by atoms with van der Waals surface area (Å²) in [5.41, 5.74) is 1.90. The Morgan fingerprint density at radius 3 is 2.65 bits per heavy atom. The van der Waals surface area contributed by atoms with Crippen molar-refractivity contribution in [1.29, 1.82) is 0 Å². The molecule has 1 heterocycles. The number of rotatable bonds is 6. The Morgan fingerprint density at radius 2 is 2.13 bits per heavy atom. The molecule has 1 aromatic rings. The van der Waals surface area contributed by atoms with Gasteiger partial charge in [-0.2, -0.15) is 0 Å². The lowest BCUT2D eigenvalue weighted by atomic mass is 9.84. The summed E-state index contributed by atoms with van der Waals surface area (Å²) in [5, 5.41) is 15.4. The molecule has 126 valence electrons. The molecule has 0 bridgehead atoms. The van der Waals surface area contributed by atoms with Crippen LogP contribution in [0.5, 0.6) is 0 Å². The van der Waals surface area contributed by atoms with Crippen molar-refractivity contribution in [3.8, 4) is 0 Å². The van der Waals surface area contributed by atoms with Crippen molar-refractivity contribution in [2.45, 2.75) is 59.3 Å². The predicted octanol–water partition coefficient (Wildman–Crippen LogP) is 4.21. The molecular formula is C17H24N2O3S. The maximum Gasteiger partial charge on any atom is 0.168 e. The van der Waals surface area contributed by atoms with Crippen LogP contribution in [0, 0.1) is 13.8 Å². The number of Topliss-reactive ketones (excluding diaryl/α,β-unsaturated/α-hetero) is 1. The molecule has 0 aromatic carbocycles. The van der Waals surface area contributed by atoms with Gasteiger partial charge in [-0.25, -0.2) is 4.98 Å². The van der Waals surface area contributed by atoms with E-state index in [1.807, 2.05) is 27.7 Å². The Balaban J connectivity index is 2.28. The van der Waals surface area contributed by atoms with Crippen molar-refractivity contribution in [3.63, 3.8) is 0 Å². The molecule has 0 aliphatic heterocycles. The lowest BCUT2D eigenvalue weighted by Gasteiger charge is -2.22. The number of carbonyl (C=O) groups excluding carboxylic acids is 1. The number of aliphatic hydroxyl groups excluding tert-OH is 1. The van der Waals surface area contributed by atoms with Crippen LogP contribution in [0.4, 0.5) is 0 Å². The topological polar surface area (TPSA) is 71.8 Å². The van der Waals surface area contributed by atoms with E-state index in [2.05, 4.69) is 10.1 Å². The lowest BCUT2D eigenvalue weighted by Crippen LogP contribution is -2.24. The Hall–Kier alpha value is -1.69. The fraction of sp³-hybridized carbons (Fsp3) is 0.588. The van der Waals surface area contributed by atoms with Gasteiger partial charge in [0.15, 0.2) is 5.78 Å². The fourth-order valence-electron chi connectivity index (χ4n) is 2.66. The van der Waals surface area contributed by atoms with Crippen LogP contribution in [0.15, 0.2) is 16.5 Å². The van der Waals surface area contributed by atoms with Crippen molar-refractivity contribution in [2.24, 2.45) is 5.16 Å². The summed E-state index contributed by atoms with van der Waals surface area (Å²) in [6, 6.07) is 0. The van der Waals surface area contributed by atoms with Gasteiger partial charge in [-0.3, -0.25) is 4.79 Å². The molecule has 0 spiro atoms. The van der Waals surface area contributed by atoms with Crippen LogP contribution in [-0.2, 0) is 9.63 Å². The highest BCUT2D eigenvalue weighted by Gasteiger charge is 2.33. The first-order valence-electron chi connectivity index (χ1n) is 8.06. The minimum atomic E-state index is -0.0730. The molecule has 0 amide bonds. The Morgan fingerprint density at radius 1 is 1.39 bits per heavy atom. The first-order chi connectivity index (χ1) is 11.0. The SMILES string of the molecule is CCCC(=NOCC)C1=C(O)CC(c2nc(C)c(C)s2)CC1=O. The third-order valence-electron chi connectivity index (χ3n) is 3.91. The number of nitrogens with zero attached hydrogens (tertiary/aromatic N) is 2. The van der Waals surface area contributed by atoms with Gasteiger partial charge in [0, 0.05) is 23.6 Å². The first kappa shape index (κ1) is 17.7. The van der Waals surface area contributed by atoms with Gasteiger partial charge in [0.25, 0.3) is 0 Å². The number of aromatic nitrogens is 1.